The van der Waals surface area contributed by atoms with Gasteiger partial charge in [-0.3, -0.25) is 4.79 Å². The van der Waals surface area contributed by atoms with Crippen molar-refractivity contribution in [1.82, 2.24) is 5.32 Å². The monoisotopic (exact) mass is 260 g/mol. The Bertz CT molecular complexity index is 247. The molecule has 0 saturated carbocycles. The molecule has 0 amide bonds. The number of hydrogen-bond donors (Lipinski definition) is 5. The van der Waals surface area contributed by atoms with Gasteiger partial charge in [-0.25, -0.2) is 20.4 Å². The van der Waals surface area contributed by atoms with Crippen LogP contribution in [0.25, 0.3) is 0 Å². The number of isocyanates is 2. The molecule has 6 N–H and O–H groups in total. The van der Waals surface area contributed by atoms with Crippen molar-refractivity contribution in [3.05, 3.63) is 0 Å². The second kappa shape index (κ2) is 20.5. The molecular weight excluding hydrogens is 240 g/mol. The minimum Gasteiger partial charge on any atom is -0.480 e. The number of rotatable bonds is 7. The summed E-state index contributed by atoms with van der Waals surface area (Å²) in [6, 6.07) is -0.688. The highest BCUT2D eigenvalue weighted by Gasteiger charge is 2.09. The lowest BCUT2D eigenvalue weighted by Gasteiger charge is -2.05. The van der Waals surface area contributed by atoms with Gasteiger partial charge in [0.05, 0.1) is 0 Å². The summed E-state index contributed by atoms with van der Waals surface area (Å²) in [4.78, 5) is 27.0. The van der Waals surface area contributed by atoms with Crippen LogP contribution in [0.15, 0.2) is 0 Å². The number of nitrogens with two attached hydrogens (primary N) is 1. The minimum atomic E-state index is -0.904. The lowest BCUT2D eigenvalue weighted by molar-refractivity contribution is -0.138. The Hall–Kier alpha value is -1.85. The maximum Gasteiger partial charge on any atom is 0.320 e. The highest BCUT2D eigenvalue weighted by molar-refractivity contribution is 5.72. The standard InChI is InChI=1S/C8H18N2O2.2CHNO/c1-2-10-6-4-3-5-7(9)8(11)12;2*2-1-3/h7,10H,2-6,9H2,1H3,(H,11,12);2*2H/t7-;;/m0../s1. The van der Waals surface area contributed by atoms with Crippen LogP contribution < -0.4 is 11.1 Å². The molecule has 0 fully saturated rings. The van der Waals surface area contributed by atoms with Crippen molar-refractivity contribution in [3.63, 3.8) is 0 Å². The quantitative estimate of drug-likeness (QED) is 0.246. The van der Waals surface area contributed by atoms with E-state index in [0.29, 0.717) is 6.42 Å². The second-order valence-electron chi connectivity index (χ2n) is 3.00. The van der Waals surface area contributed by atoms with E-state index in [1.165, 1.54) is 0 Å². The highest BCUT2D eigenvalue weighted by Crippen LogP contribution is 1.97. The van der Waals surface area contributed by atoms with Crippen LogP contribution in [0.1, 0.15) is 26.2 Å². The Morgan fingerprint density at radius 3 is 2.11 bits per heavy atom. The van der Waals surface area contributed by atoms with Gasteiger partial charge in [-0.2, -0.15) is 0 Å². The van der Waals surface area contributed by atoms with Crippen LogP contribution in [0.2, 0.25) is 0 Å². The number of carbonyl (C=O) groups excluding carboxylic acids is 2. The van der Waals surface area contributed by atoms with Gasteiger partial charge in [0, 0.05) is 0 Å². The molecule has 0 radical (unpaired) electrons. The third-order valence-corrected chi connectivity index (χ3v) is 1.69. The summed E-state index contributed by atoms with van der Waals surface area (Å²) in [5.41, 5.74) is 5.31. The zero-order valence-electron chi connectivity index (χ0n) is 10.4. The summed E-state index contributed by atoms with van der Waals surface area (Å²) in [7, 11) is 0. The number of hydrogen-bond acceptors (Lipinski definition) is 7. The van der Waals surface area contributed by atoms with Gasteiger partial charge in [0.1, 0.15) is 6.04 Å². The molecule has 0 bridgehead atoms. The average molecular weight is 260 g/mol. The first kappa shape index (κ1) is 21.4. The van der Waals surface area contributed by atoms with Crippen LogP contribution in [-0.2, 0) is 14.4 Å². The van der Waals surface area contributed by atoms with Crippen LogP contribution in [-0.4, -0.2) is 42.4 Å². The van der Waals surface area contributed by atoms with Crippen LogP contribution >= 0.6 is 0 Å². The maximum atomic E-state index is 10.3. The normalized spacial score (nSPS) is 9.44. The molecule has 0 unspecified atom stereocenters. The van der Waals surface area contributed by atoms with Crippen molar-refractivity contribution in [2.24, 2.45) is 5.73 Å². The largest absolute Gasteiger partial charge is 0.480 e. The van der Waals surface area contributed by atoms with E-state index in [4.69, 9.17) is 31.2 Å². The first-order chi connectivity index (χ1) is 8.51. The molecule has 0 spiro atoms. The Morgan fingerprint density at radius 2 is 1.78 bits per heavy atom. The number of nitrogens with one attached hydrogen (secondary N) is 3. The third-order valence-electron chi connectivity index (χ3n) is 1.69. The van der Waals surface area contributed by atoms with Crippen LogP contribution in [0, 0.1) is 10.8 Å². The fourth-order valence-corrected chi connectivity index (χ4v) is 0.915. The van der Waals surface area contributed by atoms with Crippen molar-refractivity contribution in [2.75, 3.05) is 13.1 Å². The zero-order valence-corrected chi connectivity index (χ0v) is 10.4. The first-order valence-electron chi connectivity index (χ1n) is 5.28. The van der Waals surface area contributed by atoms with E-state index in [1.807, 2.05) is 6.92 Å². The summed E-state index contributed by atoms with van der Waals surface area (Å²) in [6.07, 6.45) is 3.94. The highest BCUT2D eigenvalue weighted by atomic mass is 16.4. The molecule has 1 atom stereocenters. The Kier molecular flexibility index (Phi) is 24.5. The summed E-state index contributed by atoms with van der Waals surface area (Å²) < 4.78 is 0. The molecule has 0 aliphatic carbocycles. The Balaban J connectivity index is -0.000000315. The Labute approximate surface area is 106 Å². The van der Waals surface area contributed by atoms with Gasteiger partial charge in [-0.1, -0.05) is 13.3 Å². The number of carbonyl (C=O) groups is 1. The van der Waals surface area contributed by atoms with E-state index in [2.05, 4.69) is 5.32 Å². The van der Waals surface area contributed by atoms with Gasteiger partial charge in [0.2, 0.25) is 12.2 Å². The number of carboxylic acid groups (broad SMARTS) is 1. The van der Waals surface area contributed by atoms with Crippen LogP contribution in [0.4, 0.5) is 0 Å². The molecule has 0 saturated heterocycles. The van der Waals surface area contributed by atoms with Crippen molar-refractivity contribution in [2.45, 2.75) is 32.2 Å². The van der Waals surface area contributed by atoms with Crippen molar-refractivity contribution < 1.29 is 19.5 Å². The molecule has 0 aliphatic rings. The van der Waals surface area contributed by atoms with E-state index in [-0.39, 0.29) is 0 Å². The topological polar surface area (TPSA) is 157 Å². The van der Waals surface area contributed by atoms with E-state index in [1.54, 1.807) is 0 Å². The summed E-state index contributed by atoms with van der Waals surface area (Å²) >= 11 is 0. The SMILES string of the molecule is CCNCCCC[C@H](N)C(=O)O.N=C=O.N=C=O. The van der Waals surface area contributed by atoms with Crippen LogP contribution in [0.3, 0.4) is 0 Å². The number of unbranched alkanes of at least 4 members (excludes halogenated alkanes) is 1. The fraction of sp³-hybridized carbons (Fsp3) is 0.700. The average Bonchev–Trinajstić information content (AvgIpc) is 2.30. The van der Waals surface area contributed by atoms with Gasteiger partial charge in [-0.05, 0) is 25.9 Å². The Morgan fingerprint density at radius 1 is 1.33 bits per heavy atom. The molecular formula is C10H20N4O4. The lowest BCUT2D eigenvalue weighted by atomic mass is 10.1. The maximum absolute atomic E-state index is 10.3. The van der Waals surface area contributed by atoms with Gasteiger partial charge in [0.25, 0.3) is 0 Å². The molecule has 8 nitrogen and oxygen atoms in total. The van der Waals surface area contributed by atoms with Gasteiger partial charge in [0.15, 0.2) is 0 Å². The second-order valence-corrected chi connectivity index (χ2v) is 3.00. The van der Waals surface area contributed by atoms with E-state index in [0.717, 1.165) is 38.1 Å². The number of carboxylic acids is 1. The van der Waals surface area contributed by atoms with Gasteiger partial charge in [-0.15, -0.1) is 0 Å². The minimum absolute atomic E-state index is 0.570. The smallest absolute Gasteiger partial charge is 0.320 e. The van der Waals surface area contributed by atoms with E-state index < -0.39 is 12.0 Å². The summed E-state index contributed by atoms with van der Waals surface area (Å²) in [5, 5.41) is 22.4. The van der Waals surface area contributed by atoms with E-state index in [9.17, 15) is 4.79 Å². The predicted molar refractivity (Wildman–Crippen MR) is 64.8 cm³/mol. The van der Waals surface area contributed by atoms with Crippen LogP contribution in [0.5, 0.6) is 0 Å². The van der Waals surface area contributed by atoms with Gasteiger partial charge < -0.3 is 16.2 Å². The molecule has 0 aromatic heterocycles. The van der Waals surface area contributed by atoms with Gasteiger partial charge >= 0.3 is 5.97 Å². The fourth-order valence-electron chi connectivity index (χ4n) is 0.915. The lowest BCUT2D eigenvalue weighted by Crippen LogP contribution is -2.30. The predicted octanol–water partition coefficient (Wildman–Crippen LogP) is -0.0200. The van der Waals surface area contributed by atoms with Crippen molar-refractivity contribution >= 4 is 18.1 Å². The molecule has 8 heteroatoms. The summed E-state index contributed by atoms with van der Waals surface area (Å²) in [5.74, 6) is -0.904. The van der Waals surface area contributed by atoms with E-state index >= 15 is 0 Å². The number of aliphatic carboxylic acids is 1. The molecule has 0 aromatic carbocycles. The molecule has 18 heavy (non-hydrogen) atoms. The van der Waals surface area contributed by atoms with Crippen molar-refractivity contribution in [1.29, 1.82) is 10.8 Å². The molecule has 104 valence electrons. The molecule has 0 aromatic rings. The molecule has 0 rings (SSSR count). The molecule has 0 aliphatic heterocycles. The summed E-state index contributed by atoms with van der Waals surface area (Å²) in [6.45, 7) is 3.96. The first-order valence-corrected chi connectivity index (χ1v) is 5.28. The van der Waals surface area contributed by atoms with Crippen molar-refractivity contribution in [3.8, 4) is 0 Å². The molecule has 0 heterocycles. The zero-order chi connectivity index (χ0) is 14.8. The third kappa shape index (κ3) is 29.2.